The average Bonchev–Trinajstić information content (AvgIpc) is 1.81. The largest absolute Gasteiger partial charge is 0.232 e. The quantitative estimate of drug-likeness (QED) is 0.705. The summed E-state index contributed by atoms with van der Waals surface area (Å²) in [6, 6.07) is 5.83. The Morgan fingerprint density at radius 2 is 1.58 bits per heavy atom. The van der Waals surface area contributed by atoms with E-state index in [2.05, 4.69) is 0 Å². The normalized spacial score (nSPS) is 10.6. The highest BCUT2D eigenvalue weighted by Gasteiger charge is 1.96. The van der Waals surface area contributed by atoms with Crippen LogP contribution in [0.4, 0.5) is 0 Å². The number of benzene rings is 1. The summed E-state index contributed by atoms with van der Waals surface area (Å²) in [6.07, 6.45) is 0. The van der Waals surface area contributed by atoms with Gasteiger partial charge in [0.1, 0.15) is 10.7 Å². The molecule has 2 nitrogen and oxygen atoms in total. The van der Waals surface area contributed by atoms with Crippen molar-refractivity contribution < 1.29 is 8.42 Å². The minimum atomic E-state index is -2.30. The van der Waals surface area contributed by atoms with E-state index in [9.17, 15) is 8.42 Å². The zero-order chi connectivity index (χ0) is 9.14. The summed E-state index contributed by atoms with van der Waals surface area (Å²) < 4.78 is 20.9. The topological polar surface area (TPSA) is 34.1 Å². The van der Waals surface area contributed by atoms with Gasteiger partial charge in [0.2, 0.25) is 0 Å². The van der Waals surface area contributed by atoms with Crippen molar-refractivity contribution in [3.8, 4) is 0 Å². The second-order valence-electron chi connectivity index (χ2n) is 2.99. The summed E-state index contributed by atoms with van der Waals surface area (Å²) in [7, 11) is -2.30. The fourth-order valence-electron chi connectivity index (χ4n) is 1.31. The highest BCUT2D eigenvalue weighted by molar-refractivity contribution is 7.71. The van der Waals surface area contributed by atoms with Gasteiger partial charge >= 0.3 is 0 Å². The van der Waals surface area contributed by atoms with Crippen LogP contribution in [0.2, 0.25) is 0 Å². The molecule has 0 heterocycles. The van der Waals surface area contributed by atoms with Crippen LogP contribution in [0.3, 0.4) is 0 Å². The first-order valence-corrected chi connectivity index (χ1v) is 5.13. The first-order chi connectivity index (χ1) is 5.58. The molecule has 0 bridgehead atoms. The zero-order valence-corrected chi connectivity index (χ0v) is 8.10. The third kappa shape index (κ3) is 2.66. The number of hydrogen-bond donors (Lipinski definition) is 1. The third-order valence-corrected chi connectivity index (χ3v) is 2.22. The summed E-state index contributed by atoms with van der Waals surface area (Å²) in [5, 5.41) is 0. The zero-order valence-electron chi connectivity index (χ0n) is 7.20. The molecule has 1 rings (SSSR count). The standard InChI is InChI=1S/C9H12O2S/c1-7-3-8(2)5-9(4-7)6-12(10)11/h3-5,12H,6H2,1-2H3. The van der Waals surface area contributed by atoms with E-state index in [1.54, 1.807) is 0 Å². The number of rotatable bonds is 2. The Kier molecular flexibility index (Phi) is 2.87. The predicted octanol–water partition coefficient (Wildman–Crippen LogP) is 1.41. The van der Waals surface area contributed by atoms with Gasteiger partial charge in [-0.1, -0.05) is 29.3 Å². The highest BCUT2D eigenvalue weighted by atomic mass is 32.2. The molecule has 0 N–H and O–H groups in total. The molecular weight excluding hydrogens is 172 g/mol. The lowest BCUT2D eigenvalue weighted by Gasteiger charge is -2.00. The van der Waals surface area contributed by atoms with Crippen LogP contribution in [0.5, 0.6) is 0 Å². The molecule has 0 aliphatic rings. The van der Waals surface area contributed by atoms with Crippen LogP contribution in [0, 0.1) is 13.8 Å². The molecule has 0 spiro atoms. The fourth-order valence-corrected chi connectivity index (χ4v) is 1.79. The molecule has 0 atom stereocenters. The fraction of sp³-hybridized carbons (Fsp3) is 0.333. The summed E-state index contributed by atoms with van der Waals surface area (Å²) in [5.74, 6) is 0.151. The minimum absolute atomic E-state index is 0.151. The van der Waals surface area contributed by atoms with Gasteiger partial charge in [0.25, 0.3) is 0 Å². The van der Waals surface area contributed by atoms with Crippen LogP contribution >= 0.6 is 0 Å². The number of aryl methyl sites for hydroxylation is 2. The summed E-state index contributed by atoms with van der Waals surface area (Å²) >= 11 is 0. The second-order valence-corrected chi connectivity index (χ2v) is 3.97. The van der Waals surface area contributed by atoms with Crippen molar-refractivity contribution >= 4 is 10.7 Å². The van der Waals surface area contributed by atoms with E-state index < -0.39 is 10.7 Å². The molecule has 0 aliphatic heterocycles. The molecule has 0 amide bonds. The van der Waals surface area contributed by atoms with Crippen molar-refractivity contribution in [2.45, 2.75) is 19.6 Å². The molecule has 0 saturated heterocycles. The summed E-state index contributed by atoms with van der Waals surface area (Å²) in [6.45, 7) is 3.93. The molecular formula is C9H12O2S. The van der Waals surface area contributed by atoms with Crippen molar-refractivity contribution in [2.75, 3.05) is 0 Å². The van der Waals surface area contributed by atoms with Crippen molar-refractivity contribution in [3.05, 3.63) is 34.9 Å². The number of hydrogen-bond acceptors (Lipinski definition) is 2. The molecule has 0 radical (unpaired) electrons. The van der Waals surface area contributed by atoms with Crippen LogP contribution < -0.4 is 0 Å². The van der Waals surface area contributed by atoms with Crippen molar-refractivity contribution in [3.63, 3.8) is 0 Å². The van der Waals surface area contributed by atoms with Crippen molar-refractivity contribution in [1.82, 2.24) is 0 Å². The van der Waals surface area contributed by atoms with Gasteiger partial charge in [-0.25, -0.2) is 8.42 Å². The Morgan fingerprint density at radius 3 is 2.00 bits per heavy atom. The molecule has 12 heavy (non-hydrogen) atoms. The Balaban J connectivity index is 3.00. The molecule has 1 aromatic carbocycles. The van der Waals surface area contributed by atoms with Crippen LogP contribution in [0.25, 0.3) is 0 Å². The Morgan fingerprint density at radius 1 is 1.08 bits per heavy atom. The highest BCUT2D eigenvalue weighted by Crippen LogP contribution is 2.09. The Labute approximate surface area is 74.2 Å². The van der Waals surface area contributed by atoms with E-state index in [0.29, 0.717) is 0 Å². The molecule has 0 saturated carbocycles. The lowest BCUT2D eigenvalue weighted by Crippen LogP contribution is -1.88. The second kappa shape index (κ2) is 3.72. The van der Waals surface area contributed by atoms with Crippen LogP contribution in [-0.2, 0) is 16.5 Å². The van der Waals surface area contributed by atoms with Gasteiger partial charge in [-0.15, -0.1) is 0 Å². The molecule has 0 aromatic heterocycles. The van der Waals surface area contributed by atoms with Crippen molar-refractivity contribution in [1.29, 1.82) is 0 Å². The van der Waals surface area contributed by atoms with E-state index >= 15 is 0 Å². The van der Waals surface area contributed by atoms with E-state index in [1.807, 2.05) is 32.0 Å². The summed E-state index contributed by atoms with van der Waals surface area (Å²) in [5.41, 5.74) is 3.10. The average molecular weight is 184 g/mol. The first kappa shape index (κ1) is 9.26. The van der Waals surface area contributed by atoms with Crippen LogP contribution in [-0.4, -0.2) is 8.42 Å². The smallest absolute Gasteiger partial charge is 0.144 e. The monoisotopic (exact) mass is 184 g/mol. The maximum atomic E-state index is 10.4. The first-order valence-electron chi connectivity index (χ1n) is 3.77. The van der Waals surface area contributed by atoms with Crippen LogP contribution in [0.15, 0.2) is 18.2 Å². The molecule has 0 aliphatic carbocycles. The van der Waals surface area contributed by atoms with Gasteiger partial charge in [0.05, 0.1) is 5.75 Å². The molecule has 1 aromatic rings. The van der Waals surface area contributed by atoms with Crippen molar-refractivity contribution in [2.24, 2.45) is 0 Å². The summed E-state index contributed by atoms with van der Waals surface area (Å²) in [4.78, 5) is 0. The SMILES string of the molecule is Cc1cc(C)cc(C[SH](=O)=O)c1. The van der Waals surface area contributed by atoms with Gasteiger partial charge in [-0.05, 0) is 19.4 Å². The third-order valence-electron chi connectivity index (χ3n) is 1.59. The lowest BCUT2D eigenvalue weighted by molar-refractivity contribution is 0.614. The predicted molar refractivity (Wildman–Crippen MR) is 49.9 cm³/mol. The maximum absolute atomic E-state index is 10.4. The van der Waals surface area contributed by atoms with E-state index in [4.69, 9.17) is 0 Å². The molecule has 0 unspecified atom stereocenters. The van der Waals surface area contributed by atoms with Gasteiger partial charge < -0.3 is 0 Å². The minimum Gasteiger partial charge on any atom is -0.232 e. The lowest BCUT2D eigenvalue weighted by atomic mass is 10.1. The van der Waals surface area contributed by atoms with Crippen LogP contribution in [0.1, 0.15) is 16.7 Å². The molecule has 3 heteroatoms. The van der Waals surface area contributed by atoms with E-state index in [-0.39, 0.29) is 5.75 Å². The van der Waals surface area contributed by atoms with Gasteiger partial charge in [-0.2, -0.15) is 0 Å². The molecule has 66 valence electrons. The van der Waals surface area contributed by atoms with Gasteiger partial charge in [0, 0.05) is 0 Å². The van der Waals surface area contributed by atoms with Gasteiger partial charge in [-0.3, -0.25) is 0 Å². The number of thiol groups is 1. The maximum Gasteiger partial charge on any atom is 0.144 e. The van der Waals surface area contributed by atoms with E-state index in [1.165, 1.54) is 0 Å². The molecule has 0 fully saturated rings. The Hall–Kier alpha value is -0.830. The Bertz CT molecular complexity index is 325. The van der Waals surface area contributed by atoms with E-state index in [0.717, 1.165) is 16.7 Å². The van der Waals surface area contributed by atoms with Gasteiger partial charge in [0.15, 0.2) is 0 Å².